The summed E-state index contributed by atoms with van der Waals surface area (Å²) in [5, 5.41) is 7.36. The van der Waals surface area contributed by atoms with Gasteiger partial charge in [0.1, 0.15) is 0 Å². The van der Waals surface area contributed by atoms with Gasteiger partial charge in [0.25, 0.3) is 0 Å². The summed E-state index contributed by atoms with van der Waals surface area (Å²) in [4.78, 5) is 0.272. The fourth-order valence-corrected chi connectivity index (χ4v) is 5.15. The maximum Gasteiger partial charge on any atom is 0.243 e. The third-order valence-corrected chi connectivity index (χ3v) is 7.24. The predicted molar refractivity (Wildman–Crippen MR) is 132 cm³/mol. The number of nitrogens with one attached hydrogen (secondary N) is 2. The number of piperidine rings is 1. The van der Waals surface area contributed by atoms with Crippen LogP contribution >= 0.6 is 12.2 Å². The van der Waals surface area contributed by atoms with Gasteiger partial charge in [0.05, 0.1) is 32.4 Å². The smallest absolute Gasteiger partial charge is 0.243 e. The molecule has 0 unspecified atom stereocenters. The first kappa shape index (κ1) is 24.7. The molecule has 2 N–H and O–H groups in total. The Labute approximate surface area is 199 Å². The molecule has 0 spiro atoms. The van der Waals surface area contributed by atoms with Crippen LogP contribution in [-0.2, 0) is 10.0 Å². The van der Waals surface area contributed by atoms with Gasteiger partial charge in [0, 0.05) is 24.3 Å². The number of anilines is 1. The van der Waals surface area contributed by atoms with Gasteiger partial charge in [-0.15, -0.1) is 0 Å². The number of nitrogens with zero attached hydrogens (tertiary/aromatic N) is 2. The molecule has 3 rings (SSSR count). The van der Waals surface area contributed by atoms with E-state index in [2.05, 4.69) is 15.8 Å². The number of ether oxygens (including phenoxy) is 3. The molecule has 1 saturated heterocycles. The van der Waals surface area contributed by atoms with Crippen LogP contribution in [0.25, 0.3) is 0 Å². The van der Waals surface area contributed by atoms with E-state index in [1.807, 2.05) is 0 Å². The van der Waals surface area contributed by atoms with E-state index in [4.69, 9.17) is 26.4 Å². The second-order valence-electron chi connectivity index (χ2n) is 7.27. The molecule has 2 aromatic carbocycles. The fourth-order valence-electron chi connectivity index (χ4n) is 3.46. The van der Waals surface area contributed by atoms with Crippen LogP contribution < -0.4 is 25.0 Å². The summed E-state index contributed by atoms with van der Waals surface area (Å²) in [6, 6.07) is 10.0. The lowest BCUT2D eigenvalue weighted by Gasteiger charge is -2.25. The van der Waals surface area contributed by atoms with E-state index < -0.39 is 10.0 Å². The van der Waals surface area contributed by atoms with E-state index >= 15 is 0 Å². The summed E-state index contributed by atoms with van der Waals surface area (Å²) in [5.74, 6) is 1.52. The molecule has 0 atom stereocenters. The van der Waals surface area contributed by atoms with E-state index in [1.165, 1.54) is 7.11 Å². The Morgan fingerprint density at radius 1 is 1.00 bits per heavy atom. The van der Waals surface area contributed by atoms with Crippen LogP contribution in [0.3, 0.4) is 0 Å². The van der Waals surface area contributed by atoms with Crippen molar-refractivity contribution in [3.63, 3.8) is 0 Å². The van der Waals surface area contributed by atoms with Gasteiger partial charge in [-0.2, -0.15) is 9.41 Å². The topological polar surface area (TPSA) is 101 Å². The fraction of sp³-hybridized carbons (Fsp3) is 0.364. The zero-order chi connectivity index (χ0) is 23.8. The molecule has 11 heteroatoms. The summed E-state index contributed by atoms with van der Waals surface area (Å²) in [6.07, 6.45) is 4.43. The van der Waals surface area contributed by atoms with Crippen LogP contribution in [0, 0.1) is 0 Å². The number of methoxy groups -OCH3 is 3. The van der Waals surface area contributed by atoms with E-state index in [0.717, 1.165) is 19.3 Å². The van der Waals surface area contributed by atoms with Crippen molar-refractivity contribution >= 4 is 39.3 Å². The standard InChI is InChI=1S/C22H28N4O5S2/c1-29-19-13-16(14-20(30-2)21(19)31-3)15-23-25-22(32)24-17-7-9-18(10-8-17)33(27,28)26-11-5-4-6-12-26/h7-10,13-15H,4-6,11-12H2,1-3H3,(H2,24,25,32)/b23-15+. The molecule has 2 aromatic rings. The van der Waals surface area contributed by atoms with Crippen molar-refractivity contribution < 1.29 is 22.6 Å². The highest BCUT2D eigenvalue weighted by molar-refractivity contribution is 7.89. The lowest BCUT2D eigenvalue weighted by Crippen LogP contribution is -2.35. The molecule has 0 amide bonds. The number of benzene rings is 2. The molecule has 33 heavy (non-hydrogen) atoms. The zero-order valence-electron chi connectivity index (χ0n) is 18.8. The molecular weight excluding hydrogens is 464 g/mol. The first-order chi connectivity index (χ1) is 15.9. The summed E-state index contributed by atoms with van der Waals surface area (Å²) < 4.78 is 43.0. The minimum absolute atomic E-state index is 0.255. The quantitative estimate of drug-likeness (QED) is 0.329. The van der Waals surface area contributed by atoms with E-state index in [-0.39, 0.29) is 10.0 Å². The van der Waals surface area contributed by atoms with Crippen molar-refractivity contribution in [2.75, 3.05) is 39.7 Å². The molecule has 1 aliphatic rings. The molecule has 178 valence electrons. The van der Waals surface area contributed by atoms with Gasteiger partial charge < -0.3 is 19.5 Å². The first-order valence-electron chi connectivity index (χ1n) is 10.4. The summed E-state index contributed by atoms with van der Waals surface area (Å²) in [6.45, 7) is 1.14. The Morgan fingerprint density at radius 2 is 1.61 bits per heavy atom. The van der Waals surface area contributed by atoms with Crippen molar-refractivity contribution in [3.05, 3.63) is 42.0 Å². The molecule has 0 saturated carbocycles. The highest BCUT2D eigenvalue weighted by atomic mass is 32.2. The van der Waals surface area contributed by atoms with Crippen LogP contribution in [0.2, 0.25) is 0 Å². The average Bonchev–Trinajstić information content (AvgIpc) is 2.84. The SMILES string of the molecule is COc1cc(/C=N/NC(=S)Nc2ccc(S(=O)(=O)N3CCCCC3)cc2)cc(OC)c1OC. The van der Waals surface area contributed by atoms with Crippen molar-refractivity contribution in [1.29, 1.82) is 0 Å². The molecular formula is C22H28N4O5S2. The summed E-state index contributed by atoms with van der Waals surface area (Å²) in [7, 11) is 1.15. The van der Waals surface area contributed by atoms with E-state index in [9.17, 15) is 8.42 Å². The summed E-state index contributed by atoms with van der Waals surface area (Å²) >= 11 is 5.27. The van der Waals surface area contributed by atoms with Crippen LogP contribution in [0.4, 0.5) is 5.69 Å². The van der Waals surface area contributed by atoms with Gasteiger partial charge in [0.15, 0.2) is 16.6 Å². The Hall–Kier alpha value is -2.89. The number of thiocarbonyl (C=S) groups is 1. The lowest BCUT2D eigenvalue weighted by atomic mass is 10.2. The van der Waals surface area contributed by atoms with Gasteiger partial charge in [0.2, 0.25) is 15.8 Å². The molecule has 0 radical (unpaired) electrons. The van der Waals surface area contributed by atoms with Crippen LogP contribution in [0.1, 0.15) is 24.8 Å². The molecule has 9 nitrogen and oxygen atoms in total. The second-order valence-corrected chi connectivity index (χ2v) is 9.62. The molecule has 0 aromatic heterocycles. The van der Waals surface area contributed by atoms with Gasteiger partial charge in [-0.05, 0) is 61.5 Å². The van der Waals surface area contributed by atoms with E-state index in [0.29, 0.717) is 41.6 Å². The Bertz CT molecular complexity index is 1070. The Balaban J connectivity index is 1.60. The molecule has 1 fully saturated rings. The number of hydrazone groups is 1. The monoisotopic (exact) mass is 492 g/mol. The highest BCUT2D eigenvalue weighted by Gasteiger charge is 2.25. The minimum Gasteiger partial charge on any atom is -0.493 e. The third kappa shape index (κ3) is 6.12. The molecule has 1 aliphatic heterocycles. The lowest BCUT2D eigenvalue weighted by molar-refractivity contribution is 0.324. The van der Waals surface area contributed by atoms with Crippen molar-refractivity contribution in [2.24, 2.45) is 5.10 Å². The predicted octanol–water partition coefficient (Wildman–Crippen LogP) is 3.21. The number of sulfonamides is 1. The number of hydrogen-bond donors (Lipinski definition) is 2. The maximum atomic E-state index is 12.8. The van der Waals surface area contributed by atoms with Gasteiger partial charge in [-0.1, -0.05) is 6.42 Å². The molecule has 0 bridgehead atoms. The largest absolute Gasteiger partial charge is 0.493 e. The van der Waals surface area contributed by atoms with Gasteiger partial charge >= 0.3 is 0 Å². The average molecular weight is 493 g/mol. The molecule has 1 heterocycles. The number of rotatable bonds is 8. The van der Waals surface area contributed by atoms with Gasteiger partial charge in [-0.3, -0.25) is 5.43 Å². The minimum atomic E-state index is -3.46. The van der Waals surface area contributed by atoms with Crippen LogP contribution in [-0.4, -0.2) is 58.5 Å². The second kappa shape index (κ2) is 11.3. The van der Waals surface area contributed by atoms with Crippen LogP contribution in [0.15, 0.2) is 46.4 Å². The zero-order valence-corrected chi connectivity index (χ0v) is 20.5. The van der Waals surface area contributed by atoms with Crippen LogP contribution in [0.5, 0.6) is 17.2 Å². The van der Waals surface area contributed by atoms with Crippen molar-refractivity contribution in [3.8, 4) is 17.2 Å². The third-order valence-electron chi connectivity index (χ3n) is 5.13. The van der Waals surface area contributed by atoms with E-state index in [1.54, 1.807) is 61.1 Å². The Morgan fingerprint density at radius 3 is 2.15 bits per heavy atom. The Kier molecular flexibility index (Phi) is 8.48. The number of hydrogen-bond acceptors (Lipinski definition) is 7. The summed E-state index contributed by atoms with van der Waals surface area (Å²) in [5.41, 5.74) is 4.09. The molecule has 0 aliphatic carbocycles. The van der Waals surface area contributed by atoms with Crippen molar-refractivity contribution in [1.82, 2.24) is 9.73 Å². The normalized spacial score (nSPS) is 14.6. The maximum absolute atomic E-state index is 12.8. The first-order valence-corrected chi connectivity index (χ1v) is 12.2. The van der Waals surface area contributed by atoms with Crippen molar-refractivity contribution in [2.45, 2.75) is 24.2 Å². The van der Waals surface area contributed by atoms with Gasteiger partial charge in [-0.25, -0.2) is 8.42 Å². The highest BCUT2D eigenvalue weighted by Crippen LogP contribution is 2.37.